The van der Waals surface area contributed by atoms with E-state index in [1.165, 1.54) is 38.5 Å². The number of carbonyl (C=O) groups is 3. The van der Waals surface area contributed by atoms with Crippen molar-refractivity contribution in [3.05, 3.63) is 47.5 Å². The van der Waals surface area contributed by atoms with E-state index >= 15 is 0 Å². The van der Waals surface area contributed by atoms with Gasteiger partial charge >= 0.3 is 0 Å². The van der Waals surface area contributed by atoms with Crippen LogP contribution < -0.4 is 9.47 Å². The van der Waals surface area contributed by atoms with E-state index in [0.29, 0.717) is 25.4 Å². The van der Waals surface area contributed by atoms with E-state index < -0.39 is 0 Å². The highest BCUT2D eigenvalue weighted by Crippen LogP contribution is 2.43. The molecule has 0 spiro atoms. The summed E-state index contributed by atoms with van der Waals surface area (Å²) in [6.07, 6.45) is 17.1. The molecule has 2 aromatic heterocycles. The first-order valence-corrected chi connectivity index (χ1v) is 19.6. The number of Topliss-reactive ketones (excluding diaryl/α,β-unsaturated/α-hetero) is 1. The molecule has 1 amide bonds. The van der Waals surface area contributed by atoms with Gasteiger partial charge < -0.3 is 19.1 Å². The van der Waals surface area contributed by atoms with Gasteiger partial charge in [0.2, 0.25) is 5.91 Å². The molecule has 280 valence electrons. The first-order chi connectivity index (χ1) is 24.7. The third kappa shape index (κ3) is 13.4. The van der Waals surface area contributed by atoms with Crippen LogP contribution in [-0.2, 0) is 19.1 Å². The fourth-order valence-electron chi connectivity index (χ4n) is 6.32. The van der Waals surface area contributed by atoms with Crippen LogP contribution in [-0.4, -0.2) is 66.4 Å². The largest absolute Gasteiger partial charge is 0.497 e. The molecule has 1 aromatic carbocycles. The molecule has 1 saturated carbocycles. The van der Waals surface area contributed by atoms with Crippen molar-refractivity contribution < 1.29 is 28.6 Å². The molecule has 3 heterocycles. The maximum atomic E-state index is 12.2. The normalized spacial score (nSPS) is 17.8. The summed E-state index contributed by atoms with van der Waals surface area (Å²) in [6.45, 7) is 11.6. The Bertz CT molecular complexity index is 1550. The van der Waals surface area contributed by atoms with Gasteiger partial charge in [0.05, 0.1) is 38.1 Å². The molecule has 2 aliphatic rings. The first kappa shape index (κ1) is 41.6. The van der Waals surface area contributed by atoms with Crippen molar-refractivity contribution in [2.24, 2.45) is 11.8 Å². The fourth-order valence-corrected chi connectivity index (χ4v) is 7.26. The van der Waals surface area contributed by atoms with Crippen LogP contribution in [0.4, 0.5) is 0 Å². The van der Waals surface area contributed by atoms with E-state index in [-0.39, 0.29) is 17.7 Å². The highest BCUT2D eigenvalue weighted by molar-refractivity contribution is 7.13. The van der Waals surface area contributed by atoms with E-state index in [0.717, 1.165) is 82.9 Å². The predicted octanol–water partition coefficient (Wildman–Crippen LogP) is 9.58. The second-order valence-electron chi connectivity index (χ2n) is 13.6. The maximum absolute atomic E-state index is 12.2. The highest BCUT2D eigenvalue weighted by atomic mass is 32.1. The highest BCUT2D eigenvalue weighted by Gasteiger charge is 2.33. The quantitative estimate of drug-likeness (QED) is 0.0771. The molecule has 3 atom stereocenters. The van der Waals surface area contributed by atoms with Gasteiger partial charge in [-0.05, 0) is 82.3 Å². The van der Waals surface area contributed by atoms with Crippen molar-refractivity contribution in [1.29, 1.82) is 0 Å². The average molecular weight is 722 g/mol. The van der Waals surface area contributed by atoms with Gasteiger partial charge in [-0.15, -0.1) is 11.3 Å². The predicted molar refractivity (Wildman–Crippen MR) is 206 cm³/mol. The number of nitrogens with zero attached hydrogens (tertiary/aromatic N) is 3. The molecule has 3 aromatic rings. The average Bonchev–Trinajstić information content (AvgIpc) is 3.48. The lowest BCUT2D eigenvalue weighted by Gasteiger charge is -2.22. The number of unbranched alkanes of at least 4 members (excludes halogenated alkanes) is 4. The molecule has 10 heteroatoms. The van der Waals surface area contributed by atoms with E-state index in [2.05, 4.69) is 48.0 Å². The minimum Gasteiger partial charge on any atom is -0.497 e. The van der Waals surface area contributed by atoms with Gasteiger partial charge in [0.25, 0.3) is 6.47 Å². The Morgan fingerprint density at radius 1 is 1.06 bits per heavy atom. The smallest absolute Gasteiger partial charge is 0.293 e. The molecule has 2 unspecified atom stereocenters. The van der Waals surface area contributed by atoms with Gasteiger partial charge in [0, 0.05) is 35.9 Å². The summed E-state index contributed by atoms with van der Waals surface area (Å²) in [6, 6.07) is 7.59. The molecule has 5 rings (SSSR count). The molecule has 1 aliphatic heterocycles. The zero-order valence-electron chi connectivity index (χ0n) is 31.8. The standard InChI is InChI=1S/C21H35NO2.C17H18N2O2S.C3H6O2/c1-3-11-18-16-19(18)12-8-6-4-5-7-9-14-21(24)22-15-10-13-20(22)17(2)23;1-10(2)15-9-22-17(19-15)14-8-16(21-4)12-6-5-11(20-3)7-13(12)18-14;1-2-5-3-4/h8,12,18-20H,3-7,9-11,13-16H2,1-2H3;5-10H,1-4H3;3H,2H2,1H3/b12-8-;;/t18?,19-,20?;;/m1../s1. The molecule has 0 N–H and O–H groups in total. The number of amides is 1. The Morgan fingerprint density at radius 2 is 1.84 bits per heavy atom. The van der Waals surface area contributed by atoms with Gasteiger partial charge in [0.15, 0.2) is 5.78 Å². The van der Waals surface area contributed by atoms with Gasteiger partial charge in [-0.3, -0.25) is 14.4 Å². The summed E-state index contributed by atoms with van der Waals surface area (Å²) in [5, 5.41) is 3.96. The molecule has 9 nitrogen and oxygen atoms in total. The van der Waals surface area contributed by atoms with Gasteiger partial charge in [-0.25, -0.2) is 9.97 Å². The number of hydrogen-bond donors (Lipinski definition) is 0. The number of ether oxygens (including phenoxy) is 3. The second kappa shape index (κ2) is 22.2. The molecule has 1 aliphatic carbocycles. The molecule has 0 bridgehead atoms. The number of thiazole rings is 1. The molecule has 51 heavy (non-hydrogen) atoms. The molecule has 1 saturated heterocycles. The van der Waals surface area contributed by atoms with Crippen LogP contribution >= 0.6 is 11.3 Å². The van der Waals surface area contributed by atoms with E-state index in [9.17, 15) is 14.4 Å². The number of hydrogen-bond acceptors (Lipinski definition) is 9. The van der Waals surface area contributed by atoms with E-state index in [4.69, 9.17) is 14.5 Å². The molecule has 2 fully saturated rings. The lowest BCUT2D eigenvalue weighted by Crippen LogP contribution is -2.39. The zero-order valence-corrected chi connectivity index (χ0v) is 32.6. The topological polar surface area (TPSA) is 108 Å². The molecular formula is C41H59N3O6S. The number of ketones is 1. The summed E-state index contributed by atoms with van der Waals surface area (Å²) in [5.41, 5.74) is 2.76. The molecular weight excluding hydrogens is 663 g/mol. The Balaban J connectivity index is 0.000000244. The number of methoxy groups -OCH3 is 2. The van der Waals surface area contributed by atoms with Crippen LogP contribution in [0.3, 0.4) is 0 Å². The van der Waals surface area contributed by atoms with E-state index in [1.54, 1.807) is 39.4 Å². The number of rotatable bonds is 17. The van der Waals surface area contributed by atoms with Crippen molar-refractivity contribution in [2.45, 2.75) is 117 Å². The number of likely N-dealkylation sites (tertiary alicyclic amines) is 1. The van der Waals surface area contributed by atoms with Crippen LogP contribution in [0.1, 0.15) is 117 Å². The number of pyridine rings is 1. The van der Waals surface area contributed by atoms with Crippen molar-refractivity contribution >= 4 is 40.4 Å². The minimum atomic E-state index is -0.137. The third-order valence-electron chi connectivity index (χ3n) is 9.34. The zero-order chi connectivity index (χ0) is 37.2. The minimum absolute atomic E-state index is 0.137. The summed E-state index contributed by atoms with van der Waals surface area (Å²) < 4.78 is 14.9. The van der Waals surface area contributed by atoms with Crippen LogP contribution in [0.25, 0.3) is 21.6 Å². The number of benzene rings is 1. The third-order valence-corrected chi connectivity index (χ3v) is 10.2. The van der Waals surface area contributed by atoms with Crippen LogP contribution in [0.2, 0.25) is 0 Å². The number of allylic oxidation sites excluding steroid dienone is 2. The fraction of sp³-hybridized carbons (Fsp3) is 0.585. The lowest BCUT2D eigenvalue weighted by molar-refractivity contribution is -0.137. The Labute approximate surface area is 309 Å². The second-order valence-corrected chi connectivity index (χ2v) is 14.4. The van der Waals surface area contributed by atoms with Gasteiger partial charge in [-0.1, -0.05) is 58.6 Å². The monoisotopic (exact) mass is 721 g/mol. The first-order valence-electron chi connectivity index (χ1n) is 18.7. The molecule has 0 radical (unpaired) electrons. The number of carbonyl (C=O) groups excluding carboxylic acids is 3. The van der Waals surface area contributed by atoms with Crippen molar-refractivity contribution in [1.82, 2.24) is 14.9 Å². The Morgan fingerprint density at radius 3 is 2.47 bits per heavy atom. The summed E-state index contributed by atoms with van der Waals surface area (Å²) in [5.74, 6) is 4.16. The van der Waals surface area contributed by atoms with Crippen LogP contribution in [0.15, 0.2) is 41.8 Å². The van der Waals surface area contributed by atoms with Crippen molar-refractivity contribution in [3.63, 3.8) is 0 Å². The van der Waals surface area contributed by atoms with Crippen LogP contribution in [0, 0.1) is 11.8 Å². The summed E-state index contributed by atoms with van der Waals surface area (Å²) >= 11 is 1.61. The van der Waals surface area contributed by atoms with Gasteiger partial charge in [0.1, 0.15) is 22.2 Å². The SMILES string of the molecule is CCCC1C[C@H]1/C=C\CCCCCCC(=O)N1CCCC1C(C)=O.CCOC=O.COc1ccc2c(OC)cc(-c3nc(C(C)C)cs3)nc2c1. The van der Waals surface area contributed by atoms with E-state index in [1.807, 2.05) is 29.2 Å². The summed E-state index contributed by atoms with van der Waals surface area (Å²) in [4.78, 5) is 44.2. The summed E-state index contributed by atoms with van der Waals surface area (Å²) in [7, 11) is 3.32. The lowest BCUT2D eigenvalue weighted by atomic mass is 10.1. The Hall–Kier alpha value is -3.79. The van der Waals surface area contributed by atoms with Gasteiger partial charge in [-0.2, -0.15) is 0 Å². The number of aromatic nitrogens is 2. The van der Waals surface area contributed by atoms with Crippen molar-refractivity contribution in [3.8, 4) is 22.2 Å². The Kier molecular flexibility index (Phi) is 18.1. The maximum Gasteiger partial charge on any atom is 0.293 e. The van der Waals surface area contributed by atoms with Crippen molar-refractivity contribution in [2.75, 3.05) is 27.4 Å². The number of fused-ring (bicyclic) bond motifs is 1. The van der Waals surface area contributed by atoms with Crippen LogP contribution in [0.5, 0.6) is 11.5 Å².